The first kappa shape index (κ1) is 21.1. The number of amides is 2. The van der Waals surface area contributed by atoms with Crippen LogP contribution in [0.5, 0.6) is 5.75 Å². The minimum Gasteiger partial charge on any atom is -0.487 e. The summed E-state index contributed by atoms with van der Waals surface area (Å²) in [6.45, 7) is 4.63. The van der Waals surface area contributed by atoms with E-state index >= 15 is 0 Å². The average molecular weight is 428 g/mol. The average Bonchev–Trinajstić information content (AvgIpc) is 3.11. The summed E-state index contributed by atoms with van der Waals surface area (Å²) in [5, 5.41) is 10.4. The van der Waals surface area contributed by atoms with E-state index in [0.29, 0.717) is 18.8 Å². The van der Waals surface area contributed by atoms with E-state index in [1.165, 1.54) is 0 Å². The molecule has 2 amide bonds. The molecule has 0 aliphatic rings. The molecular weight excluding hydrogens is 402 g/mol. The highest BCUT2D eigenvalue weighted by Gasteiger charge is 2.15. The van der Waals surface area contributed by atoms with Crippen molar-refractivity contribution in [2.75, 3.05) is 5.32 Å². The molecule has 0 unspecified atom stereocenters. The molecule has 0 spiro atoms. The zero-order chi connectivity index (χ0) is 22.3. The molecule has 32 heavy (non-hydrogen) atoms. The molecule has 0 bridgehead atoms. The quantitative estimate of drug-likeness (QED) is 0.445. The number of nitrogens with one attached hydrogen (secondary N) is 2. The predicted molar refractivity (Wildman–Crippen MR) is 124 cm³/mol. The van der Waals surface area contributed by atoms with Crippen molar-refractivity contribution >= 4 is 11.7 Å². The van der Waals surface area contributed by atoms with E-state index in [1.807, 2.05) is 91.3 Å². The first-order chi connectivity index (χ1) is 15.6. The number of anilines is 1. The van der Waals surface area contributed by atoms with E-state index in [1.54, 1.807) is 6.20 Å². The Hall–Kier alpha value is -4.13. The SMILES string of the molecule is Cc1nn(-c2ccccc2)c(C)c1NC(=O)NCc1ccc(OCc2ccccn2)cc1. The summed E-state index contributed by atoms with van der Waals surface area (Å²) in [4.78, 5) is 16.7. The first-order valence-corrected chi connectivity index (χ1v) is 10.4. The highest BCUT2D eigenvalue weighted by molar-refractivity contribution is 5.90. The first-order valence-electron chi connectivity index (χ1n) is 10.4. The number of urea groups is 1. The lowest BCUT2D eigenvalue weighted by atomic mass is 10.2. The van der Waals surface area contributed by atoms with Crippen LogP contribution in [-0.4, -0.2) is 20.8 Å². The fraction of sp³-hybridized carbons (Fsp3) is 0.160. The smallest absolute Gasteiger partial charge is 0.319 e. The second-order valence-corrected chi connectivity index (χ2v) is 7.35. The van der Waals surface area contributed by atoms with Crippen LogP contribution in [0.3, 0.4) is 0 Å². The zero-order valence-corrected chi connectivity index (χ0v) is 18.1. The number of rotatable bonds is 7. The number of hydrogen-bond acceptors (Lipinski definition) is 4. The van der Waals surface area contributed by atoms with Crippen molar-refractivity contribution in [3.63, 3.8) is 0 Å². The van der Waals surface area contributed by atoms with Crippen molar-refractivity contribution in [3.05, 3.63) is 102 Å². The molecule has 2 aromatic heterocycles. The lowest BCUT2D eigenvalue weighted by Crippen LogP contribution is -2.28. The third-order valence-corrected chi connectivity index (χ3v) is 5.02. The molecule has 2 N–H and O–H groups in total. The number of carbonyl (C=O) groups excluding carboxylic acids is 1. The van der Waals surface area contributed by atoms with E-state index in [0.717, 1.165) is 34.1 Å². The van der Waals surface area contributed by atoms with Gasteiger partial charge in [-0.05, 0) is 55.8 Å². The number of nitrogens with zero attached hydrogens (tertiary/aromatic N) is 3. The Morgan fingerprint density at radius 3 is 2.44 bits per heavy atom. The molecule has 0 aliphatic carbocycles. The molecule has 2 aromatic carbocycles. The van der Waals surface area contributed by atoms with Gasteiger partial charge in [0.2, 0.25) is 0 Å². The van der Waals surface area contributed by atoms with E-state index < -0.39 is 0 Å². The van der Waals surface area contributed by atoms with Crippen molar-refractivity contribution in [2.24, 2.45) is 0 Å². The van der Waals surface area contributed by atoms with Crippen molar-refractivity contribution in [2.45, 2.75) is 27.0 Å². The second kappa shape index (κ2) is 9.78. The molecule has 0 radical (unpaired) electrons. The van der Waals surface area contributed by atoms with Crippen LogP contribution in [-0.2, 0) is 13.2 Å². The minimum absolute atomic E-state index is 0.278. The highest BCUT2D eigenvalue weighted by atomic mass is 16.5. The Morgan fingerprint density at radius 1 is 0.969 bits per heavy atom. The maximum absolute atomic E-state index is 12.5. The van der Waals surface area contributed by atoms with Crippen LogP contribution in [0.1, 0.15) is 22.6 Å². The van der Waals surface area contributed by atoms with Crippen molar-refractivity contribution < 1.29 is 9.53 Å². The van der Waals surface area contributed by atoms with Crippen LogP contribution in [0, 0.1) is 13.8 Å². The van der Waals surface area contributed by atoms with Crippen molar-refractivity contribution in [1.29, 1.82) is 0 Å². The molecule has 7 nitrogen and oxygen atoms in total. The van der Waals surface area contributed by atoms with Gasteiger partial charge in [0.15, 0.2) is 0 Å². The van der Waals surface area contributed by atoms with Crippen LogP contribution >= 0.6 is 0 Å². The summed E-state index contributed by atoms with van der Waals surface area (Å²) in [6.07, 6.45) is 1.74. The lowest BCUT2D eigenvalue weighted by Gasteiger charge is -2.10. The molecule has 0 saturated carbocycles. The summed E-state index contributed by atoms with van der Waals surface area (Å²) >= 11 is 0. The summed E-state index contributed by atoms with van der Waals surface area (Å²) in [5.41, 5.74) is 5.14. The van der Waals surface area contributed by atoms with Gasteiger partial charge in [-0.15, -0.1) is 0 Å². The van der Waals surface area contributed by atoms with Crippen molar-refractivity contribution in [3.8, 4) is 11.4 Å². The van der Waals surface area contributed by atoms with Crippen molar-refractivity contribution in [1.82, 2.24) is 20.1 Å². The zero-order valence-electron chi connectivity index (χ0n) is 18.1. The number of carbonyl (C=O) groups is 1. The Balaban J connectivity index is 1.31. The topological polar surface area (TPSA) is 81.1 Å². The lowest BCUT2D eigenvalue weighted by molar-refractivity contribution is 0.251. The molecular formula is C25H25N5O2. The number of para-hydroxylation sites is 1. The maximum atomic E-state index is 12.5. The summed E-state index contributed by atoms with van der Waals surface area (Å²) < 4.78 is 7.57. The van der Waals surface area contributed by atoms with E-state index in [4.69, 9.17) is 4.74 Å². The monoisotopic (exact) mass is 427 g/mol. The summed E-state index contributed by atoms with van der Waals surface area (Å²) in [5.74, 6) is 0.753. The minimum atomic E-state index is -0.278. The molecule has 4 rings (SSSR count). The fourth-order valence-electron chi connectivity index (χ4n) is 3.33. The maximum Gasteiger partial charge on any atom is 0.319 e. The van der Waals surface area contributed by atoms with Gasteiger partial charge >= 0.3 is 6.03 Å². The normalized spacial score (nSPS) is 10.6. The van der Waals surface area contributed by atoms with Gasteiger partial charge in [-0.25, -0.2) is 9.48 Å². The number of pyridine rings is 1. The molecule has 2 heterocycles. The van der Waals surface area contributed by atoms with Gasteiger partial charge in [0.05, 0.1) is 28.5 Å². The largest absolute Gasteiger partial charge is 0.487 e. The van der Waals surface area contributed by atoms with E-state index in [9.17, 15) is 4.79 Å². The van der Waals surface area contributed by atoms with Gasteiger partial charge in [-0.3, -0.25) is 4.98 Å². The third-order valence-electron chi connectivity index (χ3n) is 5.02. The van der Waals surface area contributed by atoms with Crippen LogP contribution in [0.4, 0.5) is 10.5 Å². The molecule has 0 atom stereocenters. The van der Waals surface area contributed by atoms with Gasteiger partial charge in [0.25, 0.3) is 0 Å². The van der Waals surface area contributed by atoms with E-state index in [2.05, 4.69) is 20.7 Å². The van der Waals surface area contributed by atoms with Crippen LogP contribution < -0.4 is 15.4 Å². The molecule has 162 valence electrons. The number of hydrogen-bond donors (Lipinski definition) is 2. The number of ether oxygens (including phenoxy) is 1. The molecule has 0 aliphatic heterocycles. The Kier molecular flexibility index (Phi) is 6.46. The van der Waals surface area contributed by atoms with Crippen LogP contribution in [0.15, 0.2) is 79.0 Å². The molecule has 0 saturated heterocycles. The molecule has 7 heteroatoms. The fourth-order valence-corrected chi connectivity index (χ4v) is 3.33. The molecule has 4 aromatic rings. The van der Waals surface area contributed by atoms with Crippen LogP contribution in [0.2, 0.25) is 0 Å². The van der Waals surface area contributed by atoms with Gasteiger partial charge < -0.3 is 15.4 Å². The van der Waals surface area contributed by atoms with Gasteiger partial charge in [0.1, 0.15) is 12.4 Å². The Bertz CT molecular complexity index is 1170. The standard InChI is InChI=1S/C25H25N5O2/c1-18-24(19(2)30(29-18)22-9-4-3-5-10-22)28-25(31)27-16-20-11-13-23(14-12-20)32-17-21-8-6-7-15-26-21/h3-15H,16-17H2,1-2H3,(H2,27,28,31). The Labute approximate surface area is 187 Å². The molecule has 0 fully saturated rings. The number of aromatic nitrogens is 3. The van der Waals surface area contributed by atoms with Gasteiger partial charge in [-0.2, -0.15) is 5.10 Å². The number of aryl methyl sites for hydroxylation is 1. The van der Waals surface area contributed by atoms with Crippen LogP contribution in [0.25, 0.3) is 5.69 Å². The number of benzene rings is 2. The third kappa shape index (κ3) is 5.13. The summed E-state index contributed by atoms with van der Waals surface area (Å²) in [7, 11) is 0. The Morgan fingerprint density at radius 2 is 1.72 bits per heavy atom. The summed E-state index contributed by atoms with van der Waals surface area (Å²) in [6, 6.07) is 22.9. The highest BCUT2D eigenvalue weighted by Crippen LogP contribution is 2.22. The predicted octanol–water partition coefficient (Wildman–Crippen LogP) is 4.78. The van der Waals surface area contributed by atoms with Gasteiger partial charge in [-0.1, -0.05) is 36.4 Å². The van der Waals surface area contributed by atoms with Gasteiger partial charge in [0, 0.05) is 12.7 Å². The second-order valence-electron chi connectivity index (χ2n) is 7.35. The van der Waals surface area contributed by atoms with E-state index in [-0.39, 0.29) is 6.03 Å².